The number of imidazole rings is 1. The molecule has 5 rings (SSSR count). The first-order valence-electron chi connectivity index (χ1n) is 8.71. The zero-order chi connectivity index (χ0) is 17.5. The van der Waals surface area contributed by atoms with Crippen molar-refractivity contribution >= 4 is 16.7 Å². The second-order valence-corrected chi connectivity index (χ2v) is 6.54. The minimum atomic E-state index is 0.730. The van der Waals surface area contributed by atoms with E-state index in [2.05, 4.69) is 32.5 Å². The highest BCUT2D eigenvalue weighted by Gasteiger charge is 2.23. The minimum Gasteiger partial charge on any atom is -0.350 e. The van der Waals surface area contributed by atoms with Gasteiger partial charge in [-0.1, -0.05) is 12.1 Å². The van der Waals surface area contributed by atoms with E-state index in [0.717, 1.165) is 53.3 Å². The molecular formula is C20H18N6. The van der Waals surface area contributed by atoms with E-state index in [4.69, 9.17) is 9.97 Å². The first-order valence-corrected chi connectivity index (χ1v) is 8.71. The Labute approximate surface area is 151 Å². The smallest absolute Gasteiger partial charge is 0.162 e. The number of hydrogen-bond donors (Lipinski definition) is 0. The fraction of sp³-hybridized carbons (Fsp3) is 0.200. The van der Waals surface area contributed by atoms with Gasteiger partial charge in [-0.05, 0) is 24.3 Å². The van der Waals surface area contributed by atoms with Gasteiger partial charge in [0.15, 0.2) is 5.82 Å². The van der Waals surface area contributed by atoms with Crippen molar-refractivity contribution in [1.82, 2.24) is 24.5 Å². The fourth-order valence-corrected chi connectivity index (χ4v) is 3.57. The molecule has 128 valence electrons. The molecule has 0 N–H and O–H groups in total. The van der Waals surface area contributed by atoms with Gasteiger partial charge in [0.2, 0.25) is 0 Å². The second-order valence-electron chi connectivity index (χ2n) is 6.54. The maximum Gasteiger partial charge on any atom is 0.162 e. The highest BCUT2D eigenvalue weighted by molar-refractivity contribution is 5.91. The first-order chi connectivity index (χ1) is 12.8. The van der Waals surface area contributed by atoms with E-state index < -0.39 is 0 Å². The van der Waals surface area contributed by atoms with Crippen molar-refractivity contribution in [2.75, 3.05) is 11.4 Å². The third-order valence-corrected chi connectivity index (χ3v) is 4.93. The van der Waals surface area contributed by atoms with Gasteiger partial charge in [-0.15, -0.1) is 0 Å². The highest BCUT2D eigenvalue weighted by atomic mass is 15.2. The third-order valence-electron chi connectivity index (χ3n) is 4.93. The number of hydrogen-bond acceptors (Lipinski definition) is 5. The molecule has 0 saturated carbocycles. The van der Waals surface area contributed by atoms with E-state index in [1.54, 1.807) is 12.4 Å². The molecule has 0 bridgehead atoms. The summed E-state index contributed by atoms with van der Waals surface area (Å²) in [6, 6.07) is 12.1. The van der Waals surface area contributed by atoms with Crippen LogP contribution in [0.3, 0.4) is 0 Å². The zero-order valence-corrected chi connectivity index (χ0v) is 14.5. The molecular weight excluding hydrogens is 324 g/mol. The van der Waals surface area contributed by atoms with E-state index in [1.807, 2.05) is 36.7 Å². The minimum absolute atomic E-state index is 0.730. The Bertz CT molecular complexity index is 1090. The van der Waals surface area contributed by atoms with Crippen LogP contribution in [-0.2, 0) is 20.0 Å². The number of aromatic nitrogens is 5. The van der Waals surface area contributed by atoms with Gasteiger partial charge < -0.3 is 9.47 Å². The van der Waals surface area contributed by atoms with Crippen LogP contribution in [0.4, 0.5) is 5.82 Å². The lowest BCUT2D eigenvalue weighted by molar-refractivity contribution is 0.678. The van der Waals surface area contributed by atoms with Gasteiger partial charge in [-0.2, -0.15) is 0 Å². The van der Waals surface area contributed by atoms with Crippen molar-refractivity contribution in [3.63, 3.8) is 0 Å². The Balaban J connectivity index is 1.65. The van der Waals surface area contributed by atoms with Gasteiger partial charge in [-0.3, -0.25) is 4.98 Å². The molecule has 0 fully saturated rings. The Morgan fingerprint density at radius 1 is 1.00 bits per heavy atom. The molecule has 0 saturated heterocycles. The van der Waals surface area contributed by atoms with Crippen molar-refractivity contribution in [3.8, 4) is 11.4 Å². The summed E-state index contributed by atoms with van der Waals surface area (Å²) in [5, 5.41) is 1.07. The lowest BCUT2D eigenvalue weighted by Crippen LogP contribution is -2.32. The van der Waals surface area contributed by atoms with Crippen molar-refractivity contribution in [3.05, 3.63) is 66.5 Å². The van der Waals surface area contributed by atoms with E-state index >= 15 is 0 Å². The van der Waals surface area contributed by atoms with Crippen LogP contribution < -0.4 is 4.90 Å². The molecule has 3 aromatic heterocycles. The summed E-state index contributed by atoms with van der Waals surface area (Å²) in [7, 11) is 2.06. The number of pyridine rings is 1. The van der Waals surface area contributed by atoms with Gasteiger partial charge >= 0.3 is 0 Å². The normalized spacial score (nSPS) is 13.8. The molecule has 0 aliphatic carbocycles. The molecule has 0 amide bonds. The van der Waals surface area contributed by atoms with Crippen LogP contribution in [0.2, 0.25) is 0 Å². The molecule has 26 heavy (non-hydrogen) atoms. The van der Waals surface area contributed by atoms with Gasteiger partial charge in [0.05, 0.1) is 24.1 Å². The average Bonchev–Trinajstić information content (AvgIpc) is 3.08. The van der Waals surface area contributed by atoms with E-state index in [-0.39, 0.29) is 0 Å². The lowest BCUT2D eigenvalue weighted by atomic mass is 10.1. The first kappa shape index (κ1) is 15.0. The number of nitrogens with zero attached hydrogens (tertiary/aromatic N) is 6. The van der Waals surface area contributed by atoms with Crippen LogP contribution >= 0.6 is 0 Å². The molecule has 1 aliphatic heterocycles. The summed E-state index contributed by atoms with van der Waals surface area (Å²) in [5.41, 5.74) is 4.37. The summed E-state index contributed by atoms with van der Waals surface area (Å²) in [5.74, 6) is 1.70. The largest absolute Gasteiger partial charge is 0.350 e. The molecule has 0 spiro atoms. The van der Waals surface area contributed by atoms with Crippen molar-refractivity contribution in [2.24, 2.45) is 7.05 Å². The standard InChI is InChI=1S/C20H18N6/c1-25-13-22-17-12-26(11-8-18(17)25)20-15-4-2-3-5-16(15)23-19(24-20)14-6-9-21-10-7-14/h2-7,9-10,13H,8,11-12H2,1H3. The van der Waals surface area contributed by atoms with Gasteiger partial charge in [-0.25, -0.2) is 15.0 Å². The third kappa shape index (κ3) is 2.42. The van der Waals surface area contributed by atoms with Crippen LogP contribution in [0.25, 0.3) is 22.3 Å². The monoisotopic (exact) mass is 342 g/mol. The topological polar surface area (TPSA) is 59.7 Å². The summed E-state index contributed by atoms with van der Waals surface area (Å²) < 4.78 is 2.12. The molecule has 6 nitrogen and oxygen atoms in total. The number of benzene rings is 1. The molecule has 0 unspecified atom stereocenters. The molecule has 1 aliphatic rings. The molecule has 1 aromatic carbocycles. The van der Waals surface area contributed by atoms with E-state index in [0.29, 0.717) is 0 Å². The molecule has 0 atom stereocenters. The number of fused-ring (bicyclic) bond motifs is 2. The van der Waals surface area contributed by atoms with Crippen molar-refractivity contribution in [2.45, 2.75) is 13.0 Å². The fourth-order valence-electron chi connectivity index (χ4n) is 3.57. The maximum atomic E-state index is 4.93. The van der Waals surface area contributed by atoms with Crippen LogP contribution in [0.15, 0.2) is 55.1 Å². The summed E-state index contributed by atoms with van der Waals surface area (Å²) in [6.07, 6.45) is 6.41. The summed E-state index contributed by atoms with van der Waals surface area (Å²) >= 11 is 0. The van der Waals surface area contributed by atoms with Gasteiger partial charge in [0.25, 0.3) is 0 Å². The number of aryl methyl sites for hydroxylation is 1. The maximum absolute atomic E-state index is 4.93. The Kier molecular flexibility index (Phi) is 3.41. The predicted molar refractivity (Wildman–Crippen MR) is 101 cm³/mol. The second kappa shape index (κ2) is 5.91. The molecule has 4 aromatic rings. The molecule has 0 radical (unpaired) electrons. The quantitative estimate of drug-likeness (QED) is 0.560. The van der Waals surface area contributed by atoms with Crippen molar-refractivity contribution < 1.29 is 0 Å². The van der Waals surface area contributed by atoms with Crippen LogP contribution in [-0.4, -0.2) is 31.0 Å². The van der Waals surface area contributed by atoms with Crippen molar-refractivity contribution in [1.29, 1.82) is 0 Å². The number of rotatable bonds is 2. The lowest BCUT2D eigenvalue weighted by Gasteiger charge is -2.29. The van der Waals surface area contributed by atoms with E-state index in [1.165, 1.54) is 5.69 Å². The van der Waals surface area contributed by atoms with E-state index in [9.17, 15) is 0 Å². The SMILES string of the molecule is Cn1cnc2c1CCN(c1nc(-c3ccncc3)nc3ccccc13)C2. The van der Waals surface area contributed by atoms with Crippen LogP contribution in [0, 0.1) is 0 Å². The highest BCUT2D eigenvalue weighted by Crippen LogP contribution is 2.30. The van der Waals surface area contributed by atoms with Crippen LogP contribution in [0.5, 0.6) is 0 Å². The Morgan fingerprint density at radius 3 is 2.73 bits per heavy atom. The summed E-state index contributed by atoms with van der Waals surface area (Å²) in [4.78, 5) is 20.7. The Morgan fingerprint density at radius 2 is 1.85 bits per heavy atom. The number of anilines is 1. The van der Waals surface area contributed by atoms with Gasteiger partial charge in [0.1, 0.15) is 5.82 Å². The Hall–Kier alpha value is -3.28. The number of para-hydroxylation sites is 1. The van der Waals surface area contributed by atoms with Gasteiger partial charge in [0, 0.05) is 49.1 Å². The predicted octanol–water partition coefficient (Wildman–Crippen LogP) is 2.99. The molecule has 6 heteroatoms. The summed E-state index contributed by atoms with van der Waals surface area (Å²) in [6.45, 7) is 1.69. The average molecular weight is 342 g/mol. The molecule has 4 heterocycles. The zero-order valence-electron chi connectivity index (χ0n) is 14.5. The van der Waals surface area contributed by atoms with Crippen LogP contribution in [0.1, 0.15) is 11.4 Å².